The van der Waals surface area contributed by atoms with E-state index in [0.717, 1.165) is 35.5 Å². The van der Waals surface area contributed by atoms with Crippen molar-refractivity contribution in [3.05, 3.63) is 41.5 Å². The predicted octanol–water partition coefficient (Wildman–Crippen LogP) is 2.27. The van der Waals surface area contributed by atoms with E-state index in [0.29, 0.717) is 25.6 Å². The van der Waals surface area contributed by atoms with Gasteiger partial charge in [0.25, 0.3) is 0 Å². The average Bonchev–Trinajstić information content (AvgIpc) is 3.11. The molecule has 1 N–H and O–H groups in total. The Hall–Kier alpha value is -2.37. The number of nitrogens with zero attached hydrogens (tertiary/aromatic N) is 3. The molecule has 6 nitrogen and oxygen atoms in total. The van der Waals surface area contributed by atoms with Crippen LogP contribution in [0.5, 0.6) is 5.75 Å². The van der Waals surface area contributed by atoms with Crippen LogP contribution in [0.1, 0.15) is 36.7 Å². The third kappa shape index (κ3) is 2.69. The van der Waals surface area contributed by atoms with E-state index in [9.17, 15) is 4.79 Å². The van der Waals surface area contributed by atoms with Crippen LogP contribution in [-0.2, 0) is 24.5 Å². The summed E-state index contributed by atoms with van der Waals surface area (Å²) in [4.78, 5) is 18.4. The molecule has 0 bridgehead atoms. The number of carbonyl (C=O) groups is 1. The van der Waals surface area contributed by atoms with Crippen LogP contribution < -0.4 is 4.74 Å². The van der Waals surface area contributed by atoms with Gasteiger partial charge in [-0.2, -0.15) is 5.10 Å². The van der Waals surface area contributed by atoms with E-state index >= 15 is 0 Å². The fourth-order valence-corrected chi connectivity index (χ4v) is 3.42. The van der Waals surface area contributed by atoms with Gasteiger partial charge < -0.3 is 9.64 Å². The minimum Gasteiger partial charge on any atom is -0.486 e. The molecule has 0 radical (unpaired) electrons. The Labute approximate surface area is 134 Å². The van der Waals surface area contributed by atoms with Crippen LogP contribution in [0.15, 0.2) is 24.5 Å². The maximum Gasteiger partial charge on any atom is 0.226 e. The molecule has 1 saturated carbocycles. The summed E-state index contributed by atoms with van der Waals surface area (Å²) in [7, 11) is 0. The third-order valence-electron chi connectivity index (χ3n) is 4.78. The zero-order valence-corrected chi connectivity index (χ0v) is 13.2. The standard InChI is InChI=1S/C17H20N4O2/c1-11-5-12(6-11)17(22)21-8-14-15(9-21)19-20-16(14)10-23-13-3-2-4-18-7-13/h2-4,7,11-12H,5-6,8-10H2,1H3,(H,19,20). The number of hydrogen-bond donors (Lipinski definition) is 1. The van der Waals surface area contributed by atoms with Crippen LogP contribution in [0.3, 0.4) is 0 Å². The molecule has 4 rings (SSSR count). The van der Waals surface area contributed by atoms with Gasteiger partial charge in [-0.3, -0.25) is 14.9 Å². The van der Waals surface area contributed by atoms with Crippen LogP contribution in [0.4, 0.5) is 0 Å². The molecule has 1 fully saturated rings. The maximum atomic E-state index is 12.5. The van der Waals surface area contributed by atoms with Gasteiger partial charge in [0.15, 0.2) is 0 Å². The highest BCUT2D eigenvalue weighted by Crippen LogP contribution is 2.36. The minimum absolute atomic E-state index is 0.219. The van der Waals surface area contributed by atoms with Gasteiger partial charge in [-0.05, 0) is 30.9 Å². The Kier molecular flexibility index (Phi) is 3.52. The molecule has 2 aromatic heterocycles. The molecule has 0 aromatic carbocycles. The number of H-pyrrole nitrogens is 1. The number of ether oxygens (including phenoxy) is 1. The van der Waals surface area contributed by atoms with Crippen molar-refractivity contribution in [3.8, 4) is 5.75 Å². The molecule has 0 atom stereocenters. The second kappa shape index (κ2) is 5.68. The zero-order chi connectivity index (χ0) is 15.8. The molecule has 1 amide bonds. The van der Waals surface area contributed by atoms with E-state index in [1.165, 1.54) is 0 Å². The van der Waals surface area contributed by atoms with Gasteiger partial charge in [-0.25, -0.2) is 0 Å². The fraction of sp³-hybridized carbons (Fsp3) is 0.471. The smallest absolute Gasteiger partial charge is 0.226 e. The molecule has 0 saturated heterocycles. The topological polar surface area (TPSA) is 71.1 Å². The second-order valence-corrected chi connectivity index (χ2v) is 6.57. The lowest BCUT2D eigenvalue weighted by molar-refractivity contribution is -0.140. The van der Waals surface area contributed by atoms with Crippen molar-refractivity contribution >= 4 is 5.91 Å². The first kappa shape index (κ1) is 14.2. The third-order valence-corrected chi connectivity index (χ3v) is 4.78. The SMILES string of the molecule is CC1CC(C(=O)N2Cc3[nH]nc(COc4cccnc4)c3C2)C1. The average molecular weight is 312 g/mol. The summed E-state index contributed by atoms with van der Waals surface area (Å²) < 4.78 is 5.72. The molecule has 1 aliphatic heterocycles. The molecule has 120 valence electrons. The van der Waals surface area contributed by atoms with Crippen molar-refractivity contribution in [1.29, 1.82) is 0 Å². The van der Waals surface area contributed by atoms with Gasteiger partial charge >= 0.3 is 0 Å². The van der Waals surface area contributed by atoms with E-state index in [1.807, 2.05) is 17.0 Å². The first-order chi connectivity index (χ1) is 11.2. The highest BCUT2D eigenvalue weighted by Gasteiger charge is 2.37. The number of aromatic amines is 1. The van der Waals surface area contributed by atoms with Crippen molar-refractivity contribution in [2.24, 2.45) is 11.8 Å². The minimum atomic E-state index is 0.219. The highest BCUT2D eigenvalue weighted by atomic mass is 16.5. The summed E-state index contributed by atoms with van der Waals surface area (Å²) in [5.41, 5.74) is 3.02. The number of carbonyl (C=O) groups excluding carboxylic acids is 1. The molecule has 0 spiro atoms. The summed E-state index contributed by atoms with van der Waals surface area (Å²) in [6.45, 7) is 3.87. The van der Waals surface area contributed by atoms with Gasteiger partial charge in [0, 0.05) is 24.2 Å². The summed E-state index contributed by atoms with van der Waals surface area (Å²) in [5.74, 6) is 1.91. The van der Waals surface area contributed by atoms with E-state index in [-0.39, 0.29) is 11.8 Å². The lowest BCUT2D eigenvalue weighted by Crippen LogP contribution is -2.38. The van der Waals surface area contributed by atoms with E-state index in [2.05, 4.69) is 22.1 Å². The molecule has 6 heteroatoms. The monoisotopic (exact) mass is 312 g/mol. The highest BCUT2D eigenvalue weighted by molar-refractivity contribution is 5.80. The second-order valence-electron chi connectivity index (χ2n) is 6.57. The number of aromatic nitrogens is 3. The lowest BCUT2D eigenvalue weighted by atomic mass is 9.75. The van der Waals surface area contributed by atoms with Crippen molar-refractivity contribution in [2.45, 2.75) is 39.5 Å². The number of amides is 1. The van der Waals surface area contributed by atoms with Crippen molar-refractivity contribution in [2.75, 3.05) is 0 Å². The first-order valence-electron chi connectivity index (χ1n) is 8.07. The van der Waals surface area contributed by atoms with Crippen LogP contribution >= 0.6 is 0 Å². The summed E-state index contributed by atoms with van der Waals surface area (Å²) in [6, 6.07) is 3.71. The van der Waals surface area contributed by atoms with Crippen LogP contribution in [0.25, 0.3) is 0 Å². The van der Waals surface area contributed by atoms with Gasteiger partial charge in [0.1, 0.15) is 18.1 Å². The maximum absolute atomic E-state index is 12.5. The Morgan fingerprint density at radius 3 is 3.04 bits per heavy atom. The molecule has 23 heavy (non-hydrogen) atoms. The number of pyridine rings is 1. The van der Waals surface area contributed by atoms with Gasteiger partial charge in [0.05, 0.1) is 18.4 Å². The van der Waals surface area contributed by atoms with E-state index < -0.39 is 0 Å². The van der Waals surface area contributed by atoms with Crippen molar-refractivity contribution in [3.63, 3.8) is 0 Å². The lowest BCUT2D eigenvalue weighted by Gasteiger charge is -2.34. The number of fused-ring (bicyclic) bond motifs is 1. The van der Waals surface area contributed by atoms with E-state index in [4.69, 9.17) is 4.74 Å². The zero-order valence-electron chi connectivity index (χ0n) is 13.2. The molecule has 2 aromatic rings. The Bertz CT molecular complexity index is 707. The van der Waals surface area contributed by atoms with Crippen LogP contribution in [-0.4, -0.2) is 26.0 Å². The van der Waals surface area contributed by atoms with E-state index in [1.54, 1.807) is 12.4 Å². The normalized spacial score (nSPS) is 22.6. The van der Waals surface area contributed by atoms with Crippen LogP contribution in [0.2, 0.25) is 0 Å². The van der Waals surface area contributed by atoms with Gasteiger partial charge in [0.2, 0.25) is 5.91 Å². The molecule has 1 aliphatic carbocycles. The quantitative estimate of drug-likeness (QED) is 0.940. The summed E-state index contributed by atoms with van der Waals surface area (Å²) in [5, 5.41) is 7.38. The number of hydrogen-bond acceptors (Lipinski definition) is 4. The first-order valence-corrected chi connectivity index (χ1v) is 8.07. The van der Waals surface area contributed by atoms with Gasteiger partial charge in [-0.1, -0.05) is 6.92 Å². The molecule has 3 heterocycles. The van der Waals surface area contributed by atoms with Crippen molar-refractivity contribution < 1.29 is 9.53 Å². The van der Waals surface area contributed by atoms with Crippen LogP contribution in [0, 0.1) is 11.8 Å². The Morgan fingerprint density at radius 1 is 1.43 bits per heavy atom. The van der Waals surface area contributed by atoms with Crippen molar-refractivity contribution in [1.82, 2.24) is 20.1 Å². The molecular formula is C17H20N4O2. The van der Waals surface area contributed by atoms with Gasteiger partial charge in [-0.15, -0.1) is 0 Å². The molecular weight excluding hydrogens is 292 g/mol. The summed E-state index contributed by atoms with van der Waals surface area (Å²) in [6.07, 6.45) is 5.45. The molecule has 2 aliphatic rings. The predicted molar refractivity (Wildman–Crippen MR) is 83.3 cm³/mol. The Morgan fingerprint density at radius 2 is 2.30 bits per heavy atom. The fourth-order valence-electron chi connectivity index (χ4n) is 3.42. The Balaban J connectivity index is 1.40. The largest absolute Gasteiger partial charge is 0.486 e. The summed E-state index contributed by atoms with van der Waals surface area (Å²) >= 11 is 0. The number of rotatable bonds is 4. The number of nitrogens with one attached hydrogen (secondary N) is 1. The molecule has 0 unspecified atom stereocenters.